The van der Waals surface area contributed by atoms with Crippen LogP contribution in [-0.2, 0) is 4.79 Å². The molecule has 0 bridgehead atoms. The summed E-state index contributed by atoms with van der Waals surface area (Å²) >= 11 is 0. The smallest absolute Gasteiger partial charge is 0.126 e. The van der Waals surface area contributed by atoms with Gasteiger partial charge in [-0.2, -0.15) is 0 Å². The van der Waals surface area contributed by atoms with Crippen LogP contribution in [0.2, 0.25) is 0 Å². The van der Waals surface area contributed by atoms with Gasteiger partial charge in [0.2, 0.25) is 0 Å². The van der Waals surface area contributed by atoms with E-state index in [2.05, 4.69) is 27.7 Å². The van der Waals surface area contributed by atoms with Gasteiger partial charge in [-0.3, -0.25) is 0 Å². The summed E-state index contributed by atoms with van der Waals surface area (Å²) in [5, 5.41) is 0. The second-order valence-electron chi connectivity index (χ2n) is 6.24. The number of carbonyl (C=O) groups excluding carboxylic acids is 1. The fourth-order valence-corrected chi connectivity index (χ4v) is 2.61. The van der Waals surface area contributed by atoms with E-state index in [0.29, 0.717) is 11.3 Å². The normalized spacial score (nSPS) is 24.9. The van der Waals surface area contributed by atoms with Crippen molar-refractivity contribution < 1.29 is 4.79 Å². The lowest BCUT2D eigenvalue weighted by molar-refractivity contribution is -0.120. The summed E-state index contributed by atoms with van der Waals surface area (Å²) < 4.78 is 0. The highest BCUT2D eigenvalue weighted by Crippen LogP contribution is 2.46. The van der Waals surface area contributed by atoms with Crippen molar-refractivity contribution in [1.29, 1.82) is 0 Å². The Labute approximate surface area is 88.3 Å². The van der Waals surface area contributed by atoms with Crippen LogP contribution in [0.15, 0.2) is 0 Å². The molecule has 0 spiro atoms. The molecule has 0 heterocycles. The van der Waals surface area contributed by atoms with Crippen molar-refractivity contribution in [3.8, 4) is 0 Å². The second kappa shape index (κ2) is 4.04. The van der Waals surface area contributed by atoms with E-state index in [4.69, 9.17) is 0 Å². The van der Waals surface area contributed by atoms with Gasteiger partial charge in [-0.25, -0.2) is 0 Å². The molecular weight excluding hydrogens is 172 g/mol. The molecule has 1 nitrogen and oxygen atoms in total. The maximum atomic E-state index is 11.2. The summed E-state index contributed by atoms with van der Waals surface area (Å²) in [6, 6.07) is 0. The second-order valence-corrected chi connectivity index (χ2v) is 6.24. The Bertz CT molecular complexity index is 193. The topological polar surface area (TPSA) is 17.1 Å². The van der Waals surface area contributed by atoms with Gasteiger partial charge in [0, 0.05) is 5.41 Å². The van der Waals surface area contributed by atoms with Crippen molar-refractivity contribution in [2.75, 3.05) is 0 Å². The number of carbonyl (C=O) groups is 1. The molecular formula is C13H24O. The highest BCUT2D eigenvalue weighted by atomic mass is 16.1. The average Bonchev–Trinajstić information content (AvgIpc) is 2.09. The first-order valence-corrected chi connectivity index (χ1v) is 5.86. The maximum absolute atomic E-state index is 11.2. The van der Waals surface area contributed by atoms with Gasteiger partial charge < -0.3 is 4.79 Å². The lowest BCUT2D eigenvalue weighted by Gasteiger charge is -2.41. The van der Waals surface area contributed by atoms with E-state index in [1.807, 2.05) is 0 Å². The number of hydrogen-bond donors (Lipinski definition) is 0. The summed E-state index contributed by atoms with van der Waals surface area (Å²) in [6.07, 6.45) is 6.93. The molecule has 1 rings (SSSR count). The average molecular weight is 196 g/mol. The van der Waals surface area contributed by atoms with Crippen LogP contribution in [0.5, 0.6) is 0 Å². The van der Waals surface area contributed by atoms with Crippen LogP contribution >= 0.6 is 0 Å². The molecule has 0 aromatic heterocycles. The molecule has 0 N–H and O–H groups in total. The minimum Gasteiger partial charge on any atom is -0.303 e. The van der Waals surface area contributed by atoms with Crippen molar-refractivity contribution >= 4 is 6.29 Å². The SMILES string of the molecule is CC(C)CC1(C=O)CCC(C)(C)CC1. The van der Waals surface area contributed by atoms with E-state index in [9.17, 15) is 4.79 Å². The molecule has 0 aromatic rings. The first-order valence-electron chi connectivity index (χ1n) is 5.86. The Hall–Kier alpha value is -0.330. The third-order valence-electron chi connectivity index (χ3n) is 3.66. The fraction of sp³-hybridized carbons (Fsp3) is 0.923. The van der Waals surface area contributed by atoms with E-state index in [-0.39, 0.29) is 5.41 Å². The third kappa shape index (κ3) is 2.83. The van der Waals surface area contributed by atoms with Gasteiger partial charge in [0.15, 0.2) is 0 Å². The first kappa shape index (κ1) is 11.7. The first-order chi connectivity index (χ1) is 6.39. The van der Waals surface area contributed by atoms with Crippen molar-refractivity contribution in [1.82, 2.24) is 0 Å². The summed E-state index contributed by atoms with van der Waals surface area (Å²) in [4.78, 5) is 11.2. The summed E-state index contributed by atoms with van der Waals surface area (Å²) in [7, 11) is 0. The molecule has 0 atom stereocenters. The van der Waals surface area contributed by atoms with Crippen molar-refractivity contribution in [2.45, 2.75) is 59.8 Å². The third-order valence-corrected chi connectivity index (χ3v) is 3.66. The van der Waals surface area contributed by atoms with E-state index in [1.54, 1.807) is 0 Å². The minimum absolute atomic E-state index is 0.0175. The lowest BCUT2D eigenvalue weighted by Crippen LogP contribution is -2.33. The molecule has 1 fully saturated rings. The van der Waals surface area contributed by atoms with Gasteiger partial charge in [0.1, 0.15) is 6.29 Å². The number of hydrogen-bond acceptors (Lipinski definition) is 1. The standard InChI is InChI=1S/C13H24O/c1-11(2)9-13(10-14)7-5-12(3,4)6-8-13/h10-11H,5-9H2,1-4H3. The monoisotopic (exact) mass is 196 g/mol. The zero-order valence-corrected chi connectivity index (χ0v) is 10.1. The Morgan fingerprint density at radius 3 is 2.00 bits per heavy atom. The summed E-state index contributed by atoms with van der Waals surface area (Å²) in [6.45, 7) is 9.06. The van der Waals surface area contributed by atoms with Crippen LogP contribution in [0.4, 0.5) is 0 Å². The van der Waals surface area contributed by atoms with Crippen LogP contribution in [0.3, 0.4) is 0 Å². The van der Waals surface area contributed by atoms with Crippen LogP contribution in [0.1, 0.15) is 59.8 Å². The van der Waals surface area contributed by atoms with Gasteiger partial charge in [0.25, 0.3) is 0 Å². The predicted molar refractivity (Wildman–Crippen MR) is 60.2 cm³/mol. The highest BCUT2D eigenvalue weighted by molar-refractivity contribution is 5.59. The lowest BCUT2D eigenvalue weighted by atomic mass is 9.63. The van der Waals surface area contributed by atoms with E-state index in [0.717, 1.165) is 19.3 Å². The summed E-state index contributed by atoms with van der Waals surface area (Å²) in [5.41, 5.74) is 0.479. The molecule has 1 heteroatoms. The van der Waals surface area contributed by atoms with Crippen molar-refractivity contribution in [3.05, 3.63) is 0 Å². The van der Waals surface area contributed by atoms with Gasteiger partial charge in [-0.15, -0.1) is 0 Å². The zero-order chi connectivity index (χ0) is 10.8. The van der Waals surface area contributed by atoms with Gasteiger partial charge in [0.05, 0.1) is 0 Å². The largest absolute Gasteiger partial charge is 0.303 e. The molecule has 14 heavy (non-hydrogen) atoms. The van der Waals surface area contributed by atoms with Crippen LogP contribution in [0.25, 0.3) is 0 Å². The highest BCUT2D eigenvalue weighted by Gasteiger charge is 2.38. The molecule has 0 unspecified atom stereocenters. The van der Waals surface area contributed by atoms with E-state index in [1.165, 1.54) is 19.1 Å². The number of aldehydes is 1. The minimum atomic E-state index is 0.0175. The Kier molecular flexibility index (Phi) is 3.39. The van der Waals surface area contributed by atoms with E-state index >= 15 is 0 Å². The number of rotatable bonds is 3. The molecule has 82 valence electrons. The Balaban J connectivity index is 2.61. The maximum Gasteiger partial charge on any atom is 0.126 e. The molecule has 1 aliphatic carbocycles. The van der Waals surface area contributed by atoms with Crippen LogP contribution < -0.4 is 0 Å². The Morgan fingerprint density at radius 1 is 1.14 bits per heavy atom. The fourth-order valence-electron chi connectivity index (χ4n) is 2.61. The van der Waals surface area contributed by atoms with E-state index < -0.39 is 0 Å². The van der Waals surface area contributed by atoms with Crippen LogP contribution in [0, 0.1) is 16.7 Å². The summed E-state index contributed by atoms with van der Waals surface area (Å²) in [5.74, 6) is 0.640. The Morgan fingerprint density at radius 2 is 1.64 bits per heavy atom. The molecule has 1 aliphatic rings. The van der Waals surface area contributed by atoms with Crippen molar-refractivity contribution in [2.24, 2.45) is 16.7 Å². The van der Waals surface area contributed by atoms with Crippen molar-refractivity contribution in [3.63, 3.8) is 0 Å². The molecule has 0 aliphatic heterocycles. The van der Waals surface area contributed by atoms with Gasteiger partial charge in [-0.05, 0) is 43.4 Å². The zero-order valence-electron chi connectivity index (χ0n) is 10.1. The van der Waals surface area contributed by atoms with Gasteiger partial charge >= 0.3 is 0 Å². The molecule has 0 saturated heterocycles. The van der Waals surface area contributed by atoms with Crippen LogP contribution in [-0.4, -0.2) is 6.29 Å². The predicted octanol–water partition coefficient (Wildman–Crippen LogP) is 3.82. The van der Waals surface area contributed by atoms with Gasteiger partial charge in [-0.1, -0.05) is 27.7 Å². The molecule has 0 amide bonds. The molecule has 1 saturated carbocycles. The molecule has 0 radical (unpaired) electrons. The molecule has 0 aromatic carbocycles. The quantitative estimate of drug-likeness (QED) is 0.627.